The molecule has 0 aliphatic carbocycles. The van der Waals surface area contributed by atoms with Crippen LogP contribution in [0, 0.1) is 14.9 Å². The Morgan fingerprint density at radius 1 is 0.455 bits per heavy atom. The molecule has 4 nitrogen and oxygen atoms in total. The molecule has 6 aromatic rings. The van der Waals surface area contributed by atoms with Crippen molar-refractivity contribution in [2.75, 3.05) is 0 Å². The van der Waals surface area contributed by atoms with Gasteiger partial charge in [-0.3, -0.25) is 0 Å². The molecule has 33 heavy (non-hydrogen) atoms. The van der Waals surface area contributed by atoms with Crippen LogP contribution in [0.15, 0.2) is 122 Å². The average molecular weight is 611 g/mol. The van der Waals surface area contributed by atoms with Gasteiger partial charge in [0.1, 0.15) is 0 Å². The molecule has 2 aromatic carbocycles. The number of hydrogen-bond donors (Lipinski definition) is 0. The fraction of sp³-hybridized carbons (Fsp3) is 0. The molecule has 4 heterocycles. The summed E-state index contributed by atoms with van der Waals surface area (Å²) in [5.41, 5.74) is 6.68. The summed E-state index contributed by atoms with van der Waals surface area (Å²) >= 11 is 0. The SMILES string of the molecule is [CH3-].[CH3-].[Ir].c1ccc(-c2ncn3ccccc23)cc1.c1ccc(-c2ncn3ccccc23)cc1. The van der Waals surface area contributed by atoms with Crippen molar-refractivity contribution in [2.24, 2.45) is 0 Å². The first-order valence-electron chi connectivity index (χ1n) is 9.84. The summed E-state index contributed by atoms with van der Waals surface area (Å²) < 4.78 is 4.06. The van der Waals surface area contributed by atoms with Crippen LogP contribution in [0.2, 0.25) is 0 Å². The minimum absolute atomic E-state index is 0. The molecule has 0 aliphatic heterocycles. The van der Waals surface area contributed by atoms with Crippen molar-refractivity contribution in [3.63, 3.8) is 0 Å². The number of rotatable bonds is 2. The molecule has 0 aliphatic rings. The minimum atomic E-state index is 0. The van der Waals surface area contributed by atoms with E-state index in [1.807, 2.05) is 94.5 Å². The van der Waals surface area contributed by atoms with Crippen LogP contribution in [-0.4, -0.2) is 18.8 Å². The molecular formula is C28H26IrN4-2. The first kappa shape index (κ1) is 25.7. The Kier molecular flexibility index (Phi) is 9.29. The van der Waals surface area contributed by atoms with E-state index in [1.165, 1.54) is 0 Å². The summed E-state index contributed by atoms with van der Waals surface area (Å²) in [6.45, 7) is 0. The predicted octanol–water partition coefficient (Wildman–Crippen LogP) is 6.90. The van der Waals surface area contributed by atoms with Gasteiger partial charge in [0.15, 0.2) is 0 Å². The van der Waals surface area contributed by atoms with Gasteiger partial charge in [0.25, 0.3) is 0 Å². The third-order valence-electron chi connectivity index (χ3n) is 4.98. The van der Waals surface area contributed by atoms with E-state index in [0.29, 0.717) is 0 Å². The Labute approximate surface area is 209 Å². The second kappa shape index (κ2) is 11.9. The largest absolute Gasteiger partial charge is 0.358 e. The molecule has 1 radical (unpaired) electrons. The van der Waals surface area contributed by atoms with Crippen LogP contribution in [0.4, 0.5) is 0 Å². The van der Waals surface area contributed by atoms with Crippen LogP contribution in [0.5, 0.6) is 0 Å². The molecule has 0 atom stereocenters. The predicted molar refractivity (Wildman–Crippen MR) is 134 cm³/mol. The molecular weight excluding hydrogens is 585 g/mol. The topological polar surface area (TPSA) is 34.6 Å². The minimum Gasteiger partial charge on any atom is -0.358 e. The molecule has 0 saturated heterocycles. The number of pyridine rings is 2. The Hall–Kier alpha value is -3.53. The van der Waals surface area contributed by atoms with Gasteiger partial charge in [-0.05, 0) is 24.3 Å². The quantitative estimate of drug-likeness (QED) is 0.200. The van der Waals surface area contributed by atoms with Crippen molar-refractivity contribution in [1.29, 1.82) is 0 Å². The third kappa shape index (κ3) is 5.45. The standard InChI is InChI=1S/2C13H10N2.2CH3.Ir/c2*1-2-6-11(7-3-1)13-12-8-4-5-9-15(12)10-14-13;;;/h2*1-10H;2*1H3;/q;;2*-1;. The molecule has 5 heteroatoms. The zero-order valence-electron chi connectivity index (χ0n) is 18.7. The first-order valence-corrected chi connectivity index (χ1v) is 9.84. The zero-order chi connectivity index (χ0) is 20.2. The molecule has 4 aromatic heterocycles. The molecule has 169 valence electrons. The maximum Gasteiger partial charge on any atom is 0.0999 e. The number of aromatic nitrogens is 4. The molecule has 0 spiro atoms. The monoisotopic (exact) mass is 611 g/mol. The fourth-order valence-corrected chi connectivity index (χ4v) is 3.52. The summed E-state index contributed by atoms with van der Waals surface area (Å²) in [7, 11) is 0. The number of nitrogens with zero attached hydrogens (tertiary/aromatic N) is 4. The molecule has 0 bridgehead atoms. The average Bonchev–Trinajstić information content (AvgIpc) is 3.45. The molecule has 0 unspecified atom stereocenters. The van der Waals surface area contributed by atoms with Crippen molar-refractivity contribution >= 4 is 11.0 Å². The van der Waals surface area contributed by atoms with Gasteiger partial charge in [0, 0.05) is 43.6 Å². The second-order valence-corrected chi connectivity index (χ2v) is 6.90. The number of imidazole rings is 2. The Morgan fingerprint density at radius 3 is 1.21 bits per heavy atom. The molecule has 0 fully saturated rings. The van der Waals surface area contributed by atoms with Gasteiger partial charge in [-0.15, -0.1) is 0 Å². The third-order valence-corrected chi connectivity index (χ3v) is 4.98. The Balaban J connectivity index is 0.000000214. The second-order valence-electron chi connectivity index (χ2n) is 6.90. The van der Waals surface area contributed by atoms with Crippen molar-refractivity contribution in [2.45, 2.75) is 0 Å². The van der Waals surface area contributed by atoms with Gasteiger partial charge in [-0.25, -0.2) is 9.97 Å². The van der Waals surface area contributed by atoms with Gasteiger partial charge in [-0.2, -0.15) is 0 Å². The van der Waals surface area contributed by atoms with Crippen molar-refractivity contribution in [3.8, 4) is 22.5 Å². The molecule has 0 amide bonds. The van der Waals surface area contributed by atoms with E-state index in [1.54, 1.807) is 0 Å². The van der Waals surface area contributed by atoms with Crippen LogP contribution in [0.3, 0.4) is 0 Å². The van der Waals surface area contributed by atoms with E-state index in [2.05, 4.69) is 46.4 Å². The van der Waals surface area contributed by atoms with Crippen molar-refractivity contribution in [1.82, 2.24) is 18.8 Å². The van der Waals surface area contributed by atoms with Crippen LogP contribution in [0.1, 0.15) is 0 Å². The van der Waals surface area contributed by atoms with Gasteiger partial charge >= 0.3 is 0 Å². The van der Waals surface area contributed by atoms with E-state index >= 15 is 0 Å². The summed E-state index contributed by atoms with van der Waals surface area (Å²) in [6.07, 6.45) is 7.71. The fourth-order valence-electron chi connectivity index (χ4n) is 3.52. The maximum absolute atomic E-state index is 4.43. The van der Waals surface area contributed by atoms with Crippen molar-refractivity contribution < 1.29 is 20.1 Å². The van der Waals surface area contributed by atoms with E-state index in [4.69, 9.17) is 0 Å². The van der Waals surface area contributed by atoms with E-state index in [9.17, 15) is 0 Å². The normalized spacial score (nSPS) is 9.70. The Morgan fingerprint density at radius 2 is 0.818 bits per heavy atom. The van der Waals surface area contributed by atoms with Crippen LogP contribution < -0.4 is 0 Å². The van der Waals surface area contributed by atoms with Gasteiger partial charge in [-0.1, -0.05) is 72.8 Å². The van der Waals surface area contributed by atoms with Crippen molar-refractivity contribution in [3.05, 3.63) is 137 Å². The number of hydrogen-bond acceptors (Lipinski definition) is 2. The van der Waals surface area contributed by atoms with Crippen LogP contribution in [-0.2, 0) is 20.1 Å². The van der Waals surface area contributed by atoms with Gasteiger partial charge in [0.2, 0.25) is 0 Å². The first-order chi connectivity index (χ1) is 14.9. The van der Waals surface area contributed by atoms with Crippen LogP contribution in [0.25, 0.3) is 33.5 Å². The van der Waals surface area contributed by atoms with Gasteiger partial charge < -0.3 is 23.7 Å². The molecule has 6 rings (SSSR count). The summed E-state index contributed by atoms with van der Waals surface area (Å²) in [4.78, 5) is 8.86. The summed E-state index contributed by atoms with van der Waals surface area (Å²) in [6, 6.07) is 32.7. The summed E-state index contributed by atoms with van der Waals surface area (Å²) in [5, 5.41) is 0. The zero-order valence-corrected chi connectivity index (χ0v) is 21.1. The molecule has 0 N–H and O–H groups in total. The Bertz CT molecular complexity index is 1280. The molecule has 0 saturated carbocycles. The number of fused-ring (bicyclic) bond motifs is 2. The maximum atomic E-state index is 4.43. The van der Waals surface area contributed by atoms with E-state index < -0.39 is 0 Å². The smallest absolute Gasteiger partial charge is 0.0999 e. The van der Waals surface area contributed by atoms with E-state index in [0.717, 1.165) is 33.5 Å². The van der Waals surface area contributed by atoms with E-state index in [-0.39, 0.29) is 35.0 Å². The number of benzene rings is 2. The summed E-state index contributed by atoms with van der Waals surface area (Å²) in [5.74, 6) is 0. The van der Waals surface area contributed by atoms with Gasteiger partial charge in [0.05, 0.1) is 35.1 Å². The van der Waals surface area contributed by atoms with Crippen LogP contribution >= 0.6 is 0 Å².